The summed E-state index contributed by atoms with van der Waals surface area (Å²) in [6.07, 6.45) is 8.17. The Morgan fingerprint density at radius 3 is 2.07 bits per heavy atom. The summed E-state index contributed by atoms with van der Waals surface area (Å²) in [5.74, 6) is -0.231. The lowest BCUT2D eigenvalue weighted by molar-refractivity contribution is 0.628. The number of rotatable bonds is 4. The Labute approximate surface area is 162 Å². The van der Waals surface area contributed by atoms with E-state index >= 15 is 0 Å². The van der Waals surface area contributed by atoms with E-state index in [-0.39, 0.29) is 5.82 Å². The minimum Gasteiger partial charge on any atom is -0.355 e. The van der Waals surface area contributed by atoms with Gasteiger partial charge in [0, 0.05) is 27.2 Å². The second-order valence-electron chi connectivity index (χ2n) is 6.27. The molecule has 0 atom stereocenters. The minimum atomic E-state index is -0.231. The Hall–Kier alpha value is -3.10. The molecule has 0 aliphatic heterocycles. The van der Waals surface area contributed by atoms with Crippen LogP contribution in [0.5, 0.6) is 0 Å². The summed E-state index contributed by atoms with van der Waals surface area (Å²) in [4.78, 5) is 3.47. The van der Waals surface area contributed by atoms with Gasteiger partial charge in [-0.3, -0.25) is 0 Å². The summed E-state index contributed by atoms with van der Waals surface area (Å²) < 4.78 is 13.1. The van der Waals surface area contributed by atoms with Crippen LogP contribution in [0.15, 0.2) is 72.8 Å². The molecule has 3 heteroatoms. The van der Waals surface area contributed by atoms with Crippen molar-refractivity contribution in [2.45, 2.75) is 0 Å². The molecule has 0 spiro atoms. The van der Waals surface area contributed by atoms with E-state index in [1.165, 1.54) is 12.1 Å². The zero-order chi connectivity index (χ0) is 18.6. The smallest absolute Gasteiger partial charge is 0.123 e. The van der Waals surface area contributed by atoms with Crippen molar-refractivity contribution in [1.29, 1.82) is 0 Å². The van der Waals surface area contributed by atoms with Crippen molar-refractivity contribution in [3.8, 4) is 0 Å². The predicted octanol–water partition coefficient (Wildman–Crippen LogP) is 7.30. The highest BCUT2D eigenvalue weighted by Gasteiger charge is 2.06. The molecule has 0 unspecified atom stereocenters. The van der Waals surface area contributed by atoms with Crippen molar-refractivity contribution in [3.05, 3.63) is 106 Å². The molecule has 1 heterocycles. The molecule has 0 radical (unpaired) electrons. The highest BCUT2D eigenvalue weighted by atomic mass is 35.5. The third-order valence-corrected chi connectivity index (χ3v) is 4.65. The zero-order valence-electron chi connectivity index (χ0n) is 14.5. The first-order valence-electron chi connectivity index (χ1n) is 8.67. The molecule has 0 aliphatic rings. The second-order valence-corrected chi connectivity index (χ2v) is 6.70. The van der Waals surface area contributed by atoms with E-state index in [2.05, 4.69) is 35.3 Å². The fourth-order valence-electron chi connectivity index (χ4n) is 3.00. The molecular formula is C24H17ClFN. The van der Waals surface area contributed by atoms with Gasteiger partial charge in [-0.2, -0.15) is 0 Å². The summed E-state index contributed by atoms with van der Waals surface area (Å²) in [6, 6.07) is 22.4. The van der Waals surface area contributed by atoms with Gasteiger partial charge in [0.05, 0.1) is 0 Å². The first kappa shape index (κ1) is 17.3. The lowest BCUT2D eigenvalue weighted by Crippen LogP contribution is -1.78. The van der Waals surface area contributed by atoms with Crippen LogP contribution in [0.1, 0.15) is 22.4 Å². The topological polar surface area (TPSA) is 15.8 Å². The van der Waals surface area contributed by atoms with Gasteiger partial charge in [0.15, 0.2) is 0 Å². The van der Waals surface area contributed by atoms with Crippen molar-refractivity contribution in [2.24, 2.45) is 0 Å². The van der Waals surface area contributed by atoms with Crippen molar-refractivity contribution in [2.75, 3.05) is 0 Å². The summed E-state index contributed by atoms with van der Waals surface area (Å²) >= 11 is 5.95. The van der Waals surface area contributed by atoms with E-state index in [9.17, 15) is 4.39 Å². The quantitative estimate of drug-likeness (QED) is 0.386. The molecule has 0 bridgehead atoms. The average Bonchev–Trinajstić information content (AvgIpc) is 3.05. The number of hydrogen-bond donors (Lipinski definition) is 1. The average molecular weight is 374 g/mol. The van der Waals surface area contributed by atoms with Crippen LogP contribution in [-0.4, -0.2) is 4.98 Å². The number of benzene rings is 3. The summed E-state index contributed by atoms with van der Waals surface area (Å²) in [5, 5.41) is 1.87. The molecule has 132 valence electrons. The molecule has 0 saturated carbocycles. The van der Waals surface area contributed by atoms with Gasteiger partial charge >= 0.3 is 0 Å². The third kappa shape index (κ3) is 4.02. The fourth-order valence-corrected chi connectivity index (χ4v) is 3.13. The van der Waals surface area contributed by atoms with E-state index in [1.807, 2.05) is 42.5 Å². The number of aromatic nitrogens is 1. The molecule has 3 aromatic carbocycles. The molecule has 4 rings (SSSR count). The highest BCUT2D eigenvalue weighted by Crippen LogP contribution is 2.26. The van der Waals surface area contributed by atoms with Gasteiger partial charge in [-0.05, 0) is 47.5 Å². The molecular weight excluding hydrogens is 357 g/mol. The number of H-pyrrole nitrogens is 1. The molecule has 0 fully saturated rings. The SMILES string of the molecule is Fc1ccc(/C=C/c2c(/C=C/c3ccc(Cl)cc3)[nH]c3ccccc23)cc1. The lowest BCUT2D eigenvalue weighted by Gasteiger charge is -1.97. The maximum Gasteiger partial charge on any atom is 0.123 e. The van der Waals surface area contributed by atoms with E-state index in [1.54, 1.807) is 12.1 Å². The maximum atomic E-state index is 13.1. The molecule has 0 saturated heterocycles. The number of hydrogen-bond acceptors (Lipinski definition) is 0. The van der Waals surface area contributed by atoms with E-state index in [0.717, 1.165) is 38.3 Å². The summed E-state index contributed by atoms with van der Waals surface area (Å²) in [5.41, 5.74) is 5.22. The van der Waals surface area contributed by atoms with Crippen LogP contribution >= 0.6 is 11.6 Å². The van der Waals surface area contributed by atoms with Crippen LogP contribution in [0.4, 0.5) is 4.39 Å². The second kappa shape index (κ2) is 7.65. The van der Waals surface area contributed by atoms with Crippen molar-refractivity contribution in [1.82, 2.24) is 4.98 Å². The predicted molar refractivity (Wildman–Crippen MR) is 114 cm³/mol. The van der Waals surface area contributed by atoms with Crippen molar-refractivity contribution < 1.29 is 4.39 Å². The number of halogens is 2. The van der Waals surface area contributed by atoms with Crippen LogP contribution in [0, 0.1) is 5.82 Å². The minimum absolute atomic E-state index is 0.231. The summed E-state index contributed by atoms with van der Waals surface area (Å²) in [7, 11) is 0. The first-order valence-corrected chi connectivity index (χ1v) is 9.05. The van der Waals surface area contributed by atoms with Crippen LogP contribution < -0.4 is 0 Å². The Morgan fingerprint density at radius 1 is 0.704 bits per heavy atom. The number of para-hydroxylation sites is 1. The highest BCUT2D eigenvalue weighted by molar-refractivity contribution is 6.30. The molecule has 1 aromatic heterocycles. The molecule has 1 N–H and O–H groups in total. The first-order chi connectivity index (χ1) is 13.2. The van der Waals surface area contributed by atoms with Gasteiger partial charge in [0.1, 0.15) is 5.82 Å². The molecule has 27 heavy (non-hydrogen) atoms. The normalized spacial score (nSPS) is 11.8. The van der Waals surface area contributed by atoms with Crippen LogP contribution in [0.25, 0.3) is 35.2 Å². The van der Waals surface area contributed by atoms with Gasteiger partial charge in [0.2, 0.25) is 0 Å². The van der Waals surface area contributed by atoms with E-state index in [0.29, 0.717) is 0 Å². The Kier molecular flexibility index (Phi) is 4.91. The van der Waals surface area contributed by atoms with Crippen LogP contribution in [-0.2, 0) is 0 Å². The number of aromatic amines is 1. The summed E-state index contributed by atoms with van der Waals surface area (Å²) in [6.45, 7) is 0. The molecule has 4 aromatic rings. The van der Waals surface area contributed by atoms with Gasteiger partial charge < -0.3 is 4.98 Å². The van der Waals surface area contributed by atoms with Crippen LogP contribution in [0.3, 0.4) is 0 Å². The Morgan fingerprint density at radius 2 is 1.33 bits per heavy atom. The Bertz CT molecular complexity index is 1120. The Balaban J connectivity index is 1.72. The van der Waals surface area contributed by atoms with Crippen LogP contribution in [0.2, 0.25) is 5.02 Å². The third-order valence-electron chi connectivity index (χ3n) is 4.40. The van der Waals surface area contributed by atoms with Gasteiger partial charge in [0.25, 0.3) is 0 Å². The van der Waals surface area contributed by atoms with E-state index in [4.69, 9.17) is 11.6 Å². The maximum absolute atomic E-state index is 13.1. The molecule has 1 nitrogen and oxygen atoms in total. The van der Waals surface area contributed by atoms with Gasteiger partial charge in [-0.25, -0.2) is 4.39 Å². The van der Waals surface area contributed by atoms with E-state index < -0.39 is 0 Å². The number of nitrogens with one attached hydrogen (secondary N) is 1. The molecule has 0 amide bonds. The van der Waals surface area contributed by atoms with Crippen molar-refractivity contribution >= 4 is 46.8 Å². The zero-order valence-corrected chi connectivity index (χ0v) is 15.2. The fraction of sp³-hybridized carbons (Fsp3) is 0. The molecule has 0 aliphatic carbocycles. The van der Waals surface area contributed by atoms with Gasteiger partial charge in [-0.15, -0.1) is 0 Å². The lowest BCUT2D eigenvalue weighted by atomic mass is 10.1. The standard InChI is InChI=1S/C24H17ClFN/c25-19-11-5-17(6-12-19)10-16-24-22(21-3-1-2-4-23(21)27-24)15-9-18-7-13-20(26)14-8-18/h1-16,27H/b15-9+,16-10+. The van der Waals surface area contributed by atoms with Crippen molar-refractivity contribution in [3.63, 3.8) is 0 Å². The van der Waals surface area contributed by atoms with Gasteiger partial charge in [-0.1, -0.05) is 72.3 Å². The monoisotopic (exact) mass is 373 g/mol. The number of fused-ring (bicyclic) bond motifs is 1. The largest absolute Gasteiger partial charge is 0.355 e.